The predicted octanol–water partition coefficient (Wildman–Crippen LogP) is 5.50. The van der Waals surface area contributed by atoms with Gasteiger partial charge in [0, 0.05) is 10.9 Å². The summed E-state index contributed by atoms with van der Waals surface area (Å²) in [6.45, 7) is 2.38. The van der Waals surface area contributed by atoms with Crippen molar-refractivity contribution in [2.24, 2.45) is 0 Å². The maximum atomic E-state index is 6.32. The average molecular weight is 515 g/mol. The highest BCUT2D eigenvalue weighted by atomic mass is 16.5. The number of oxazole rings is 1. The number of anilines is 2. The third-order valence-corrected chi connectivity index (χ3v) is 6.59. The van der Waals surface area contributed by atoms with Crippen LogP contribution in [-0.2, 0) is 6.54 Å². The first-order valence-corrected chi connectivity index (χ1v) is 12.3. The van der Waals surface area contributed by atoms with Crippen LogP contribution in [0.1, 0.15) is 11.3 Å². The molecule has 4 heterocycles. The summed E-state index contributed by atoms with van der Waals surface area (Å²) >= 11 is 0. The largest absolute Gasteiger partial charge is 0.438 e. The van der Waals surface area contributed by atoms with Gasteiger partial charge >= 0.3 is 0 Å². The highest BCUT2D eigenvalue weighted by Gasteiger charge is 2.20. The fourth-order valence-corrected chi connectivity index (χ4v) is 4.84. The molecule has 0 aliphatic rings. The normalized spacial score (nSPS) is 11.5. The van der Waals surface area contributed by atoms with Gasteiger partial charge in [0.2, 0.25) is 5.88 Å². The molecule has 7 rings (SSSR count). The number of aromatic nitrogens is 6. The van der Waals surface area contributed by atoms with Crippen molar-refractivity contribution in [3.8, 4) is 22.9 Å². The van der Waals surface area contributed by atoms with Crippen molar-refractivity contribution in [3.63, 3.8) is 0 Å². The Labute approximate surface area is 221 Å². The van der Waals surface area contributed by atoms with Gasteiger partial charge in [0.05, 0.1) is 17.6 Å². The Balaban J connectivity index is 1.36. The van der Waals surface area contributed by atoms with E-state index in [1.54, 1.807) is 10.7 Å². The van der Waals surface area contributed by atoms with Gasteiger partial charge in [0.25, 0.3) is 6.01 Å². The van der Waals surface area contributed by atoms with Gasteiger partial charge in [-0.1, -0.05) is 36.4 Å². The van der Waals surface area contributed by atoms with E-state index < -0.39 is 0 Å². The summed E-state index contributed by atoms with van der Waals surface area (Å²) in [7, 11) is 0. The number of rotatable bonds is 5. The number of nitrogens with two attached hydrogens (primary N) is 2. The second-order valence-corrected chi connectivity index (χ2v) is 9.21. The summed E-state index contributed by atoms with van der Waals surface area (Å²) in [5.41, 5.74) is 17.1. The fraction of sp³-hybridized carbons (Fsp3) is 0.0690. The van der Waals surface area contributed by atoms with Crippen molar-refractivity contribution < 1.29 is 9.15 Å². The number of hydrogen-bond donors (Lipinski definition) is 2. The lowest BCUT2D eigenvalue weighted by Crippen LogP contribution is -2.06. The molecule has 0 unspecified atom stereocenters. The van der Waals surface area contributed by atoms with E-state index in [1.807, 2.05) is 67.6 Å². The van der Waals surface area contributed by atoms with Crippen molar-refractivity contribution in [3.05, 3.63) is 90.4 Å². The minimum absolute atomic E-state index is 0.103. The number of hydrogen-bond acceptors (Lipinski definition) is 9. The smallest absolute Gasteiger partial charge is 0.292 e. The topological polar surface area (TPSA) is 144 Å². The minimum atomic E-state index is 0.103. The molecule has 190 valence electrons. The third-order valence-electron chi connectivity index (χ3n) is 6.59. The average Bonchev–Trinajstić information content (AvgIpc) is 3.49. The fourth-order valence-electron chi connectivity index (χ4n) is 4.84. The molecule has 39 heavy (non-hydrogen) atoms. The monoisotopic (exact) mass is 514 g/mol. The molecule has 4 aromatic heterocycles. The number of benzene rings is 3. The predicted molar refractivity (Wildman–Crippen MR) is 149 cm³/mol. The van der Waals surface area contributed by atoms with Crippen molar-refractivity contribution in [2.45, 2.75) is 13.5 Å². The summed E-state index contributed by atoms with van der Waals surface area (Å²) in [6, 6.07) is 23.4. The van der Waals surface area contributed by atoms with Crippen molar-refractivity contribution in [2.75, 3.05) is 11.5 Å². The number of para-hydroxylation sites is 1. The Kier molecular flexibility index (Phi) is 5.12. The van der Waals surface area contributed by atoms with Crippen LogP contribution < -0.4 is 16.2 Å². The zero-order chi connectivity index (χ0) is 26.5. The third kappa shape index (κ3) is 3.95. The van der Waals surface area contributed by atoms with Crippen molar-refractivity contribution in [1.29, 1.82) is 0 Å². The number of nitrogen functional groups attached to an aromatic ring is 2. The molecule has 10 heteroatoms. The minimum Gasteiger partial charge on any atom is -0.438 e. The van der Waals surface area contributed by atoms with Gasteiger partial charge < -0.3 is 20.6 Å². The van der Waals surface area contributed by atoms with Crippen molar-refractivity contribution in [1.82, 2.24) is 29.7 Å². The molecule has 0 saturated heterocycles. The maximum Gasteiger partial charge on any atom is 0.292 e. The van der Waals surface area contributed by atoms with E-state index in [2.05, 4.69) is 21.0 Å². The first kappa shape index (κ1) is 22.7. The zero-order valence-electron chi connectivity index (χ0n) is 20.9. The molecule has 0 atom stereocenters. The molecule has 0 amide bonds. The van der Waals surface area contributed by atoms with E-state index in [9.17, 15) is 0 Å². The molecule has 0 aliphatic carbocycles. The van der Waals surface area contributed by atoms with E-state index in [1.165, 1.54) is 6.33 Å². The summed E-state index contributed by atoms with van der Waals surface area (Å²) < 4.78 is 13.5. The zero-order valence-corrected chi connectivity index (χ0v) is 20.9. The standard InChI is InChI=1S/C29H22N8O2/c1-16-6-5-7-17-12-19(34-28(23(16)17)38-20-8-3-2-4-9-20)14-37-27-24(26(30)32-15-33-27)25(36-37)18-10-11-22-21(13-18)35-29(31)39-22/h2-13,15H,14H2,1H3,(H2,31,35)(H2,30,32,33). The van der Waals surface area contributed by atoms with Gasteiger partial charge in [-0.3, -0.25) is 0 Å². The highest BCUT2D eigenvalue weighted by molar-refractivity contribution is 5.99. The Bertz CT molecular complexity index is 2010. The first-order valence-electron chi connectivity index (χ1n) is 12.3. The maximum absolute atomic E-state index is 6.32. The van der Waals surface area contributed by atoms with Gasteiger partial charge in [-0.25, -0.2) is 19.6 Å². The number of nitrogens with zero attached hydrogens (tertiary/aromatic N) is 6. The van der Waals surface area contributed by atoms with E-state index in [0.717, 1.165) is 27.6 Å². The van der Waals surface area contributed by atoms with Crippen LogP contribution in [0.2, 0.25) is 0 Å². The van der Waals surface area contributed by atoms with Gasteiger partial charge in [-0.05, 0) is 54.3 Å². The summed E-state index contributed by atoms with van der Waals surface area (Å²) in [5.74, 6) is 1.57. The van der Waals surface area contributed by atoms with Gasteiger partial charge in [-0.15, -0.1) is 0 Å². The Morgan fingerprint density at radius 3 is 2.64 bits per heavy atom. The number of pyridine rings is 1. The van der Waals surface area contributed by atoms with Crippen LogP contribution in [0.3, 0.4) is 0 Å². The molecule has 0 aliphatic heterocycles. The molecule has 0 radical (unpaired) electrons. The van der Waals surface area contributed by atoms with E-state index in [-0.39, 0.29) is 6.01 Å². The molecule has 10 nitrogen and oxygen atoms in total. The van der Waals surface area contributed by atoms with Gasteiger partial charge in [-0.2, -0.15) is 10.1 Å². The van der Waals surface area contributed by atoms with Crippen molar-refractivity contribution >= 4 is 44.7 Å². The lowest BCUT2D eigenvalue weighted by atomic mass is 10.1. The second kappa shape index (κ2) is 8.80. The van der Waals surface area contributed by atoms with Crippen LogP contribution in [0, 0.1) is 6.92 Å². The first-order chi connectivity index (χ1) is 19.0. The molecular weight excluding hydrogens is 492 g/mol. The molecule has 0 spiro atoms. The van der Waals surface area contributed by atoms with E-state index in [0.29, 0.717) is 51.8 Å². The van der Waals surface area contributed by atoms with Crippen LogP contribution in [0.5, 0.6) is 11.6 Å². The second-order valence-electron chi connectivity index (χ2n) is 9.21. The Morgan fingerprint density at radius 2 is 1.77 bits per heavy atom. The Hall–Kier alpha value is -5.51. The summed E-state index contributed by atoms with van der Waals surface area (Å²) in [5, 5.41) is 7.53. The molecule has 0 saturated carbocycles. The molecule has 0 bridgehead atoms. The van der Waals surface area contributed by atoms with Crippen LogP contribution in [0.25, 0.3) is 44.2 Å². The SMILES string of the molecule is Cc1cccc2cc(Cn3nc(-c4ccc5oc(N)nc5c4)c4c(N)ncnc43)nc(Oc3ccccc3)c12. The number of fused-ring (bicyclic) bond motifs is 3. The lowest BCUT2D eigenvalue weighted by Gasteiger charge is -2.13. The van der Waals surface area contributed by atoms with Crippen LogP contribution in [0.4, 0.5) is 11.8 Å². The van der Waals surface area contributed by atoms with E-state index in [4.69, 9.17) is 30.7 Å². The van der Waals surface area contributed by atoms with Crippen LogP contribution >= 0.6 is 0 Å². The van der Waals surface area contributed by atoms with Gasteiger partial charge in [0.15, 0.2) is 11.2 Å². The number of ether oxygens (including phenoxy) is 1. The number of aryl methyl sites for hydroxylation is 1. The lowest BCUT2D eigenvalue weighted by molar-refractivity contribution is 0.465. The molecular formula is C29H22N8O2. The van der Waals surface area contributed by atoms with Gasteiger partial charge in [0.1, 0.15) is 29.1 Å². The molecule has 0 fully saturated rings. The molecule has 4 N–H and O–H groups in total. The van der Waals surface area contributed by atoms with Crippen LogP contribution in [-0.4, -0.2) is 29.7 Å². The summed E-state index contributed by atoms with van der Waals surface area (Å²) in [6.07, 6.45) is 1.43. The molecule has 3 aromatic carbocycles. The van der Waals surface area contributed by atoms with Crippen LogP contribution in [0.15, 0.2) is 83.5 Å². The van der Waals surface area contributed by atoms with E-state index >= 15 is 0 Å². The Morgan fingerprint density at radius 1 is 0.897 bits per heavy atom. The quantitative estimate of drug-likeness (QED) is 0.304. The highest BCUT2D eigenvalue weighted by Crippen LogP contribution is 2.34. The molecule has 7 aromatic rings. The summed E-state index contributed by atoms with van der Waals surface area (Å²) in [4.78, 5) is 17.9.